The van der Waals surface area contributed by atoms with Gasteiger partial charge in [-0.05, 0) is 48.9 Å². The molecule has 0 saturated carbocycles. The van der Waals surface area contributed by atoms with Crippen LogP contribution in [0.1, 0.15) is 11.3 Å². The van der Waals surface area contributed by atoms with Crippen molar-refractivity contribution in [3.05, 3.63) is 77.0 Å². The fraction of sp³-hybridized carbons (Fsp3) is 0.136. The van der Waals surface area contributed by atoms with E-state index in [-0.39, 0.29) is 5.91 Å². The van der Waals surface area contributed by atoms with E-state index in [0.717, 1.165) is 22.8 Å². The van der Waals surface area contributed by atoms with Crippen molar-refractivity contribution in [2.45, 2.75) is 6.92 Å². The van der Waals surface area contributed by atoms with E-state index in [0.29, 0.717) is 16.7 Å². The standard InChI is InChI=1S/C22H22ClN5O/c1-15-14-20(28(2)3)27-22(24-15)26-18-11-9-17(10-12-18)25-21(29)13-8-16-6-4-5-7-19(16)23/h4-14H,1-3H3,(H,25,29)(H,24,26,27)/b13-8+. The molecular weight excluding hydrogens is 386 g/mol. The number of benzene rings is 2. The minimum atomic E-state index is -0.233. The Kier molecular flexibility index (Phi) is 6.46. The smallest absolute Gasteiger partial charge is 0.248 e. The number of hydrogen-bond donors (Lipinski definition) is 2. The number of rotatable bonds is 6. The molecule has 148 valence electrons. The molecular formula is C22H22ClN5O. The van der Waals surface area contributed by atoms with E-state index >= 15 is 0 Å². The van der Waals surface area contributed by atoms with Crippen LogP contribution in [0.15, 0.2) is 60.7 Å². The third-order valence-electron chi connectivity index (χ3n) is 4.03. The van der Waals surface area contributed by atoms with Crippen molar-refractivity contribution in [3.63, 3.8) is 0 Å². The van der Waals surface area contributed by atoms with E-state index in [4.69, 9.17) is 11.6 Å². The summed E-state index contributed by atoms with van der Waals surface area (Å²) in [6.45, 7) is 1.93. The summed E-state index contributed by atoms with van der Waals surface area (Å²) >= 11 is 6.09. The summed E-state index contributed by atoms with van der Waals surface area (Å²) in [6, 6.07) is 16.6. The zero-order valence-electron chi connectivity index (χ0n) is 16.5. The normalized spacial score (nSPS) is 10.8. The highest BCUT2D eigenvalue weighted by Gasteiger charge is 2.05. The van der Waals surface area contributed by atoms with Gasteiger partial charge in [0.2, 0.25) is 11.9 Å². The number of carbonyl (C=O) groups excluding carboxylic acids is 1. The van der Waals surface area contributed by atoms with Crippen LogP contribution in [0.2, 0.25) is 5.02 Å². The van der Waals surface area contributed by atoms with Crippen LogP contribution in [0, 0.1) is 6.92 Å². The lowest BCUT2D eigenvalue weighted by atomic mass is 10.2. The van der Waals surface area contributed by atoms with Crippen molar-refractivity contribution in [2.75, 3.05) is 29.6 Å². The van der Waals surface area contributed by atoms with E-state index in [1.807, 2.05) is 74.4 Å². The molecule has 0 aliphatic carbocycles. The predicted octanol–water partition coefficient (Wildman–Crippen LogP) is 4.90. The number of halogens is 1. The van der Waals surface area contributed by atoms with Gasteiger partial charge < -0.3 is 15.5 Å². The van der Waals surface area contributed by atoms with Gasteiger partial charge in [0.15, 0.2) is 0 Å². The summed E-state index contributed by atoms with van der Waals surface area (Å²) in [4.78, 5) is 22.9. The second kappa shape index (κ2) is 9.21. The number of carbonyl (C=O) groups is 1. The molecule has 0 unspecified atom stereocenters. The maximum absolute atomic E-state index is 12.1. The van der Waals surface area contributed by atoms with Crippen LogP contribution in [-0.4, -0.2) is 30.0 Å². The van der Waals surface area contributed by atoms with Crippen molar-refractivity contribution >= 4 is 46.7 Å². The van der Waals surface area contributed by atoms with Crippen LogP contribution in [0.4, 0.5) is 23.1 Å². The fourth-order valence-electron chi connectivity index (χ4n) is 2.56. The predicted molar refractivity (Wildman–Crippen MR) is 120 cm³/mol. The van der Waals surface area contributed by atoms with E-state index in [9.17, 15) is 4.79 Å². The molecule has 6 nitrogen and oxygen atoms in total. The van der Waals surface area contributed by atoms with Crippen LogP contribution in [0.25, 0.3) is 6.08 Å². The Bertz CT molecular complexity index is 1030. The second-order valence-corrected chi connectivity index (χ2v) is 7.04. The summed E-state index contributed by atoms with van der Waals surface area (Å²) in [7, 11) is 3.87. The lowest BCUT2D eigenvalue weighted by Gasteiger charge is -2.14. The number of nitrogens with zero attached hydrogens (tertiary/aromatic N) is 3. The highest BCUT2D eigenvalue weighted by molar-refractivity contribution is 6.32. The van der Waals surface area contributed by atoms with Crippen molar-refractivity contribution in [2.24, 2.45) is 0 Å². The maximum atomic E-state index is 12.1. The first-order chi connectivity index (χ1) is 13.9. The Morgan fingerprint density at radius 2 is 1.72 bits per heavy atom. The number of amides is 1. The zero-order chi connectivity index (χ0) is 20.8. The van der Waals surface area contributed by atoms with Crippen LogP contribution >= 0.6 is 11.6 Å². The van der Waals surface area contributed by atoms with Gasteiger partial charge in [0.25, 0.3) is 0 Å². The first-order valence-electron chi connectivity index (χ1n) is 9.04. The van der Waals surface area contributed by atoms with Crippen molar-refractivity contribution in [1.82, 2.24) is 9.97 Å². The highest BCUT2D eigenvalue weighted by atomic mass is 35.5. The van der Waals surface area contributed by atoms with Gasteiger partial charge >= 0.3 is 0 Å². The maximum Gasteiger partial charge on any atom is 0.248 e. The average Bonchev–Trinajstić information content (AvgIpc) is 2.68. The Labute approximate surface area is 175 Å². The molecule has 2 aromatic carbocycles. The Morgan fingerprint density at radius 1 is 1.03 bits per heavy atom. The van der Waals surface area contributed by atoms with Crippen molar-refractivity contribution in [1.29, 1.82) is 0 Å². The molecule has 0 aliphatic heterocycles. The van der Waals surface area contributed by atoms with Gasteiger partial charge in [0.05, 0.1) is 0 Å². The Hall–Kier alpha value is -3.38. The molecule has 1 heterocycles. The van der Waals surface area contributed by atoms with Gasteiger partial charge in [0.1, 0.15) is 5.82 Å². The van der Waals surface area contributed by atoms with Crippen LogP contribution in [-0.2, 0) is 4.79 Å². The number of hydrogen-bond acceptors (Lipinski definition) is 5. The number of aryl methyl sites for hydroxylation is 1. The van der Waals surface area contributed by atoms with Gasteiger partial charge in [0, 0.05) is 48.3 Å². The first kappa shape index (κ1) is 20.4. The summed E-state index contributed by atoms with van der Waals surface area (Å²) in [5, 5.41) is 6.60. The van der Waals surface area contributed by atoms with E-state index in [1.165, 1.54) is 6.08 Å². The molecule has 3 rings (SSSR count). The lowest BCUT2D eigenvalue weighted by Crippen LogP contribution is -2.12. The monoisotopic (exact) mass is 407 g/mol. The lowest BCUT2D eigenvalue weighted by molar-refractivity contribution is -0.111. The van der Waals surface area contributed by atoms with Gasteiger partial charge in [-0.2, -0.15) is 4.98 Å². The summed E-state index contributed by atoms with van der Waals surface area (Å²) in [5.41, 5.74) is 3.17. The topological polar surface area (TPSA) is 70.2 Å². The quantitative estimate of drug-likeness (QED) is 0.569. The van der Waals surface area contributed by atoms with E-state index in [2.05, 4.69) is 20.6 Å². The number of nitrogens with one attached hydrogen (secondary N) is 2. The molecule has 3 aromatic rings. The largest absolute Gasteiger partial charge is 0.363 e. The average molecular weight is 408 g/mol. The van der Waals surface area contributed by atoms with Crippen LogP contribution in [0.3, 0.4) is 0 Å². The summed E-state index contributed by atoms with van der Waals surface area (Å²) in [6.07, 6.45) is 3.14. The molecule has 0 spiro atoms. The summed E-state index contributed by atoms with van der Waals surface area (Å²) in [5.74, 6) is 1.12. The molecule has 29 heavy (non-hydrogen) atoms. The molecule has 0 saturated heterocycles. The van der Waals surface area contributed by atoms with E-state index in [1.54, 1.807) is 12.1 Å². The minimum absolute atomic E-state index is 0.233. The van der Waals surface area contributed by atoms with Crippen LogP contribution in [0.5, 0.6) is 0 Å². The molecule has 0 fully saturated rings. The highest BCUT2D eigenvalue weighted by Crippen LogP contribution is 2.20. The van der Waals surface area contributed by atoms with Crippen molar-refractivity contribution in [3.8, 4) is 0 Å². The van der Waals surface area contributed by atoms with Gasteiger partial charge in [-0.1, -0.05) is 29.8 Å². The Balaban J connectivity index is 1.63. The molecule has 1 amide bonds. The van der Waals surface area contributed by atoms with Gasteiger partial charge in [-0.3, -0.25) is 4.79 Å². The van der Waals surface area contributed by atoms with Crippen molar-refractivity contribution < 1.29 is 4.79 Å². The van der Waals surface area contributed by atoms with Crippen LogP contribution < -0.4 is 15.5 Å². The third-order valence-corrected chi connectivity index (χ3v) is 4.37. The third kappa shape index (κ3) is 5.80. The molecule has 0 aliphatic rings. The number of anilines is 4. The SMILES string of the molecule is Cc1cc(N(C)C)nc(Nc2ccc(NC(=O)/C=C/c3ccccc3Cl)cc2)n1. The van der Waals surface area contributed by atoms with E-state index < -0.39 is 0 Å². The zero-order valence-corrected chi connectivity index (χ0v) is 17.2. The molecule has 0 radical (unpaired) electrons. The molecule has 0 bridgehead atoms. The summed E-state index contributed by atoms with van der Waals surface area (Å²) < 4.78 is 0. The molecule has 2 N–H and O–H groups in total. The minimum Gasteiger partial charge on any atom is -0.363 e. The van der Waals surface area contributed by atoms with Gasteiger partial charge in [-0.15, -0.1) is 0 Å². The molecule has 0 atom stereocenters. The number of aromatic nitrogens is 2. The molecule has 1 aromatic heterocycles. The van der Waals surface area contributed by atoms with Gasteiger partial charge in [-0.25, -0.2) is 4.98 Å². The molecule has 7 heteroatoms. The first-order valence-corrected chi connectivity index (χ1v) is 9.42. The fourth-order valence-corrected chi connectivity index (χ4v) is 2.76. The second-order valence-electron chi connectivity index (χ2n) is 6.63. The Morgan fingerprint density at radius 3 is 2.41 bits per heavy atom.